The molecule has 2 N–H and O–H groups in total. The standard InChI is InChI=1S/C23H20N2O2/c1-16(17-8-4-2-5-9-17)19-14-20(23(27)15-22(19)26)21-12-13-24-25(21)18-10-6-3-7-11-18/h2-16,26-27H,1H3. The zero-order chi connectivity index (χ0) is 18.8. The predicted molar refractivity (Wildman–Crippen MR) is 106 cm³/mol. The van der Waals surface area contributed by atoms with Crippen molar-refractivity contribution in [3.8, 4) is 28.4 Å². The summed E-state index contributed by atoms with van der Waals surface area (Å²) in [6.45, 7) is 2.04. The van der Waals surface area contributed by atoms with Crippen molar-refractivity contribution in [1.29, 1.82) is 0 Å². The summed E-state index contributed by atoms with van der Waals surface area (Å²) in [5.41, 5.74) is 4.16. The predicted octanol–water partition coefficient (Wildman–Crippen LogP) is 5.10. The Morgan fingerprint density at radius 2 is 1.48 bits per heavy atom. The van der Waals surface area contributed by atoms with Gasteiger partial charge in [0.25, 0.3) is 0 Å². The van der Waals surface area contributed by atoms with Gasteiger partial charge in [0, 0.05) is 23.1 Å². The van der Waals surface area contributed by atoms with Crippen molar-refractivity contribution in [1.82, 2.24) is 9.78 Å². The third-order valence-corrected chi connectivity index (χ3v) is 4.83. The molecule has 134 valence electrons. The van der Waals surface area contributed by atoms with E-state index >= 15 is 0 Å². The van der Waals surface area contributed by atoms with Gasteiger partial charge in [0.1, 0.15) is 11.5 Å². The number of phenols is 2. The van der Waals surface area contributed by atoms with E-state index < -0.39 is 0 Å². The van der Waals surface area contributed by atoms with E-state index in [9.17, 15) is 10.2 Å². The Morgan fingerprint density at radius 3 is 2.19 bits per heavy atom. The zero-order valence-electron chi connectivity index (χ0n) is 14.9. The van der Waals surface area contributed by atoms with Gasteiger partial charge in [-0.3, -0.25) is 0 Å². The largest absolute Gasteiger partial charge is 0.508 e. The van der Waals surface area contributed by atoms with Gasteiger partial charge in [-0.25, -0.2) is 4.68 Å². The van der Waals surface area contributed by atoms with E-state index in [4.69, 9.17) is 0 Å². The molecule has 4 aromatic rings. The lowest BCUT2D eigenvalue weighted by Crippen LogP contribution is -2.01. The van der Waals surface area contributed by atoms with E-state index in [1.54, 1.807) is 10.9 Å². The molecule has 0 radical (unpaired) electrons. The number of phenolic OH excluding ortho intramolecular Hbond substituents is 2. The fourth-order valence-electron chi connectivity index (χ4n) is 3.35. The highest BCUT2D eigenvalue weighted by atomic mass is 16.3. The van der Waals surface area contributed by atoms with Crippen molar-refractivity contribution in [2.45, 2.75) is 12.8 Å². The van der Waals surface area contributed by atoms with E-state index in [2.05, 4.69) is 5.10 Å². The first-order valence-electron chi connectivity index (χ1n) is 8.86. The molecule has 4 nitrogen and oxygen atoms in total. The molecule has 0 spiro atoms. The Labute approximate surface area is 158 Å². The summed E-state index contributed by atoms with van der Waals surface area (Å²) in [5, 5.41) is 25.4. The molecule has 1 unspecified atom stereocenters. The van der Waals surface area contributed by atoms with Crippen LogP contribution in [0, 0.1) is 0 Å². The minimum atomic E-state index is -0.0151. The molecule has 0 fully saturated rings. The number of aromatic hydroxyl groups is 2. The first-order chi connectivity index (χ1) is 13.1. The minimum Gasteiger partial charge on any atom is -0.508 e. The average Bonchev–Trinajstić information content (AvgIpc) is 3.18. The molecule has 0 aliphatic rings. The molecule has 0 saturated heterocycles. The molecular formula is C23H20N2O2. The lowest BCUT2D eigenvalue weighted by atomic mass is 9.90. The van der Waals surface area contributed by atoms with Crippen molar-refractivity contribution in [3.63, 3.8) is 0 Å². The molecule has 4 heteroatoms. The highest BCUT2D eigenvalue weighted by molar-refractivity contribution is 5.72. The number of nitrogens with zero attached hydrogens (tertiary/aromatic N) is 2. The Morgan fingerprint density at radius 1 is 0.815 bits per heavy atom. The van der Waals surface area contributed by atoms with Crippen LogP contribution >= 0.6 is 0 Å². The van der Waals surface area contributed by atoms with E-state index in [1.165, 1.54) is 6.07 Å². The number of hydrogen-bond acceptors (Lipinski definition) is 3. The van der Waals surface area contributed by atoms with Crippen LogP contribution in [0.25, 0.3) is 16.9 Å². The van der Waals surface area contributed by atoms with E-state index in [1.807, 2.05) is 79.7 Å². The average molecular weight is 356 g/mol. The number of benzene rings is 3. The second-order valence-electron chi connectivity index (χ2n) is 6.52. The first kappa shape index (κ1) is 16.9. The third-order valence-electron chi connectivity index (χ3n) is 4.83. The Bertz CT molecular complexity index is 1060. The van der Waals surface area contributed by atoms with Crippen LogP contribution in [-0.4, -0.2) is 20.0 Å². The van der Waals surface area contributed by atoms with Crippen molar-refractivity contribution in [2.24, 2.45) is 0 Å². The topological polar surface area (TPSA) is 58.3 Å². The second-order valence-corrected chi connectivity index (χ2v) is 6.52. The summed E-state index contributed by atoms with van der Waals surface area (Å²) < 4.78 is 1.78. The molecule has 0 aliphatic heterocycles. The Kier molecular flexibility index (Phi) is 4.38. The van der Waals surface area contributed by atoms with Gasteiger partial charge in [0.2, 0.25) is 0 Å². The lowest BCUT2D eigenvalue weighted by molar-refractivity contribution is 0.445. The second kappa shape index (κ2) is 7.00. The number of para-hydroxylation sites is 1. The van der Waals surface area contributed by atoms with Crippen molar-refractivity contribution >= 4 is 0 Å². The smallest absolute Gasteiger partial charge is 0.128 e. The van der Waals surface area contributed by atoms with Crippen LogP contribution in [0.2, 0.25) is 0 Å². The number of hydrogen-bond donors (Lipinski definition) is 2. The molecular weight excluding hydrogens is 336 g/mol. The van der Waals surface area contributed by atoms with Crippen LogP contribution in [0.15, 0.2) is 85.1 Å². The molecule has 1 atom stereocenters. The molecule has 3 aromatic carbocycles. The monoisotopic (exact) mass is 356 g/mol. The van der Waals surface area contributed by atoms with Gasteiger partial charge in [0.15, 0.2) is 0 Å². The summed E-state index contributed by atoms with van der Waals surface area (Å²) in [6, 6.07) is 24.9. The van der Waals surface area contributed by atoms with Crippen LogP contribution in [-0.2, 0) is 0 Å². The van der Waals surface area contributed by atoms with Gasteiger partial charge >= 0.3 is 0 Å². The maximum atomic E-state index is 10.5. The van der Waals surface area contributed by atoms with Gasteiger partial charge in [-0.05, 0) is 29.8 Å². The number of aromatic nitrogens is 2. The van der Waals surface area contributed by atoms with Crippen LogP contribution < -0.4 is 0 Å². The van der Waals surface area contributed by atoms with E-state index in [0.717, 1.165) is 22.5 Å². The van der Waals surface area contributed by atoms with Crippen LogP contribution in [0.4, 0.5) is 0 Å². The number of rotatable bonds is 4. The maximum absolute atomic E-state index is 10.5. The Balaban J connectivity index is 1.83. The molecule has 4 rings (SSSR count). The lowest BCUT2D eigenvalue weighted by Gasteiger charge is -2.17. The zero-order valence-corrected chi connectivity index (χ0v) is 14.9. The van der Waals surface area contributed by atoms with Crippen LogP contribution in [0.3, 0.4) is 0 Å². The van der Waals surface area contributed by atoms with Gasteiger partial charge in [-0.2, -0.15) is 5.10 Å². The van der Waals surface area contributed by atoms with E-state index in [-0.39, 0.29) is 17.4 Å². The van der Waals surface area contributed by atoms with Gasteiger partial charge in [-0.1, -0.05) is 55.5 Å². The highest BCUT2D eigenvalue weighted by Crippen LogP contribution is 2.40. The van der Waals surface area contributed by atoms with Crippen LogP contribution in [0.5, 0.6) is 11.5 Å². The summed E-state index contributed by atoms with van der Waals surface area (Å²) in [7, 11) is 0. The molecule has 1 aromatic heterocycles. The maximum Gasteiger partial charge on any atom is 0.128 e. The van der Waals surface area contributed by atoms with Crippen molar-refractivity contribution in [3.05, 3.63) is 96.2 Å². The SMILES string of the molecule is CC(c1ccccc1)c1cc(-c2ccnn2-c2ccccc2)c(O)cc1O. The molecule has 1 heterocycles. The fraction of sp³-hybridized carbons (Fsp3) is 0.0870. The van der Waals surface area contributed by atoms with E-state index in [0.29, 0.717) is 5.56 Å². The normalized spacial score (nSPS) is 12.0. The van der Waals surface area contributed by atoms with Crippen molar-refractivity contribution in [2.75, 3.05) is 0 Å². The molecule has 0 amide bonds. The summed E-state index contributed by atoms with van der Waals surface area (Å²) in [4.78, 5) is 0. The molecule has 27 heavy (non-hydrogen) atoms. The third kappa shape index (κ3) is 3.17. The minimum absolute atomic E-state index is 0.0151. The fourth-order valence-corrected chi connectivity index (χ4v) is 3.35. The summed E-state index contributed by atoms with van der Waals surface area (Å²) in [5.74, 6) is 0.0891. The molecule has 0 saturated carbocycles. The first-order valence-corrected chi connectivity index (χ1v) is 8.86. The summed E-state index contributed by atoms with van der Waals surface area (Å²) in [6.07, 6.45) is 1.70. The van der Waals surface area contributed by atoms with Gasteiger partial charge < -0.3 is 10.2 Å². The quantitative estimate of drug-likeness (QED) is 0.535. The van der Waals surface area contributed by atoms with Crippen LogP contribution in [0.1, 0.15) is 24.0 Å². The van der Waals surface area contributed by atoms with Crippen molar-refractivity contribution < 1.29 is 10.2 Å². The molecule has 0 aliphatic carbocycles. The summed E-state index contributed by atoms with van der Waals surface area (Å²) >= 11 is 0. The highest BCUT2D eigenvalue weighted by Gasteiger charge is 2.19. The van der Waals surface area contributed by atoms with Gasteiger partial charge in [-0.15, -0.1) is 0 Å². The van der Waals surface area contributed by atoms with Gasteiger partial charge in [0.05, 0.1) is 17.6 Å². The Hall–Kier alpha value is -3.53. The molecule has 0 bridgehead atoms.